The molecule has 0 nitrogen and oxygen atoms in total. The predicted molar refractivity (Wildman–Crippen MR) is 110 cm³/mol. The van der Waals surface area contributed by atoms with Crippen LogP contribution in [0.1, 0.15) is 110 Å². The van der Waals surface area contributed by atoms with E-state index in [2.05, 4.69) is 6.92 Å². The van der Waals surface area contributed by atoms with Gasteiger partial charge in [0.1, 0.15) is 0 Å². The van der Waals surface area contributed by atoms with Gasteiger partial charge in [0.05, 0.1) is 0 Å². The Morgan fingerprint density at radius 1 is 0.333 bits per heavy atom. The smallest absolute Gasteiger partial charge is 0.200 e. The summed E-state index contributed by atoms with van der Waals surface area (Å²) in [6.45, 7) is 2.14. The minimum absolute atomic E-state index is 0.163. The molecule has 0 rings (SSSR count). The van der Waals surface area contributed by atoms with Crippen LogP contribution in [0.4, 0.5) is 57.1 Å². The Bertz CT molecular complexity index is 597. The Kier molecular flexibility index (Phi) is 13.9. The summed E-state index contributed by atoms with van der Waals surface area (Å²) in [7, 11) is 0. The summed E-state index contributed by atoms with van der Waals surface area (Å²) in [6.07, 6.45) is 2.09. The number of halogens is 13. The van der Waals surface area contributed by atoms with E-state index in [0.29, 0.717) is 12.8 Å². The summed E-state index contributed by atoms with van der Waals surface area (Å²) in [5.74, 6) is -36.3. The second-order valence-corrected chi connectivity index (χ2v) is 9.20. The van der Waals surface area contributed by atoms with Crippen LogP contribution < -0.4 is 0 Å². The average molecular weight is 559 g/mol. The molecule has 0 bridgehead atoms. The predicted octanol–water partition coefficient (Wildman–Crippen LogP) is 11.0. The van der Waals surface area contributed by atoms with Gasteiger partial charge in [-0.3, -0.25) is 0 Å². The molecule has 0 aromatic heterocycles. The SMILES string of the molecule is CCCCCCCCCCCCCCCCCC(F)(F)C(F)(F)C(F)(F)C(F)(F)C(F)(F)C(F)(F)F. The van der Waals surface area contributed by atoms with Crippen LogP contribution in [0.3, 0.4) is 0 Å². The molecule has 218 valence electrons. The molecule has 0 aliphatic rings. The van der Waals surface area contributed by atoms with Crippen LogP contribution in [0.2, 0.25) is 0 Å². The van der Waals surface area contributed by atoms with Crippen molar-refractivity contribution < 1.29 is 57.1 Å². The Morgan fingerprint density at radius 3 is 0.917 bits per heavy atom. The lowest BCUT2D eigenvalue weighted by Crippen LogP contribution is -2.70. The largest absolute Gasteiger partial charge is 0.460 e. The molecular formula is C23H35F13. The van der Waals surface area contributed by atoms with Gasteiger partial charge in [0.2, 0.25) is 0 Å². The lowest BCUT2D eigenvalue weighted by atomic mass is 9.91. The highest BCUT2D eigenvalue weighted by Crippen LogP contribution is 2.60. The van der Waals surface area contributed by atoms with Crippen LogP contribution in [0, 0.1) is 0 Å². The maximum Gasteiger partial charge on any atom is 0.460 e. The maximum absolute atomic E-state index is 13.7. The van der Waals surface area contributed by atoms with Gasteiger partial charge in [0, 0.05) is 6.42 Å². The van der Waals surface area contributed by atoms with Crippen molar-refractivity contribution in [3.8, 4) is 0 Å². The molecule has 0 unspecified atom stereocenters. The van der Waals surface area contributed by atoms with E-state index in [-0.39, 0.29) is 12.8 Å². The van der Waals surface area contributed by atoms with E-state index in [1.165, 1.54) is 32.1 Å². The molecule has 0 aromatic rings. The van der Waals surface area contributed by atoms with Gasteiger partial charge in [-0.2, -0.15) is 57.1 Å². The van der Waals surface area contributed by atoms with E-state index < -0.39 is 48.6 Å². The monoisotopic (exact) mass is 558 g/mol. The fourth-order valence-corrected chi connectivity index (χ4v) is 3.68. The summed E-state index contributed by atoms with van der Waals surface area (Å²) in [4.78, 5) is 0. The standard InChI is InChI=1S/C23H35F13/c1-2-3-4-5-6-7-8-9-10-11-12-13-14-15-16-17-18(24,25)19(26,27)20(28,29)21(30,31)22(32,33)23(34,35)36/h2-17H2,1H3. The normalized spacial score (nSPS) is 14.5. The van der Waals surface area contributed by atoms with Gasteiger partial charge in [-0.25, -0.2) is 0 Å². The fourth-order valence-electron chi connectivity index (χ4n) is 3.68. The molecule has 0 fully saturated rings. The third-order valence-electron chi connectivity index (χ3n) is 6.09. The van der Waals surface area contributed by atoms with Crippen molar-refractivity contribution in [1.29, 1.82) is 0 Å². The van der Waals surface area contributed by atoms with Gasteiger partial charge in [-0.1, -0.05) is 96.8 Å². The lowest BCUT2D eigenvalue weighted by molar-refractivity contribution is -0.440. The molecule has 0 amide bonds. The van der Waals surface area contributed by atoms with Crippen molar-refractivity contribution in [3.05, 3.63) is 0 Å². The Labute approximate surface area is 203 Å². The fraction of sp³-hybridized carbons (Fsp3) is 1.00. The first kappa shape index (κ1) is 35.1. The van der Waals surface area contributed by atoms with E-state index in [1.54, 1.807) is 0 Å². The Morgan fingerprint density at radius 2 is 0.611 bits per heavy atom. The van der Waals surface area contributed by atoms with Crippen LogP contribution in [-0.4, -0.2) is 35.8 Å². The van der Waals surface area contributed by atoms with E-state index in [0.717, 1.165) is 32.1 Å². The first-order valence-corrected chi connectivity index (χ1v) is 12.3. The topological polar surface area (TPSA) is 0 Å². The Hall–Kier alpha value is -0.910. The summed E-state index contributed by atoms with van der Waals surface area (Å²) in [5.41, 5.74) is 0. The number of hydrogen-bond acceptors (Lipinski definition) is 0. The Balaban J connectivity index is 4.45. The van der Waals surface area contributed by atoms with Crippen LogP contribution in [0.15, 0.2) is 0 Å². The molecule has 13 heteroatoms. The molecule has 0 heterocycles. The molecule has 0 spiro atoms. The summed E-state index contributed by atoms with van der Waals surface area (Å²) >= 11 is 0. The van der Waals surface area contributed by atoms with Crippen molar-refractivity contribution in [2.45, 2.75) is 145 Å². The number of unbranched alkanes of at least 4 members (excludes halogenated alkanes) is 14. The van der Waals surface area contributed by atoms with Gasteiger partial charge in [-0.15, -0.1) is 0 Å². The van der Waals surface area contributed by atoms with E-state index in [4.69, 9.17) is 0 Å². The lowest BCUT2D eigenvalue weighted by Gasteiger charge is -2.39. The first-order valence-electron chi connectivity index (χ1n) is 12.3. The molecule has 0 saturated heterocycles. The van der Waals surface area contributed by atoms with Crippen LogP contribution in [0.5, 0.6) is 0 Å². The van der Waals surface area contributed by atoms with E-state index >= 15 is 0 Å². The molecule has 0 aromatic carbocycles. The van der Waals surface area contributed by atoms with Gasteiger partial charge in [-0.05, 0) is 6.42 Å². The second kappa shape index (κ2) is 14.3. The van der Waals surface area contributed by atoms with Crippen molar-refractivity contribution in [3.63, 3.8) is 0 Å². The number of hydrogen-bond donors (Lipinski definition) is 0. The van der Waals surface area contributed by atoms with Crippen LogP contribution in [-0.2, 0) is 0 Å². The van der Waals surface area contributed by atoms with Crippen molar-refractivity contribution in [2.75, 3.05) is 0 Å². The van der Waals surface area contributed by atoms with E-state index in [9.17, 15) is 57.1 Å². The third-order valence-corrected chi connectivity index (χ3v) is 6.09. The quantitative estimate of drug-likeness (QED) is 0.103. The maximum atomic E-state index is 13.7. The minimum atomic E-state index is -7.82. The van der Waals surface area contributed by atoms with Crippen molar-refractivity contribution in [1.82, 2.24) is 0 Å². The molecule has 0 saturated carbocycles. The molecule has 0 aliphatic heterocycles. The summed E-state index contributed by atoms with van der Waals surface area (Å²) < 4.78 is 170. The highest BCUT2D eigenvalue weighted by atomic mass is 19.4. The van der Waals surface area contributed by atoms with Gasteiger partial charge in [0.15, 0.2) is 0 Å². The van der Waals surface area contributed by atoms with Gasteiger partial charge >= 0.3 is 35.8 Å². The molecule has 0 radical (unpaired) electrons. The van der Waals surface area contributed by atoms with E-state index in [1.807, 2.05) is 0 Å². The second-order valence-electron chi connectivity index (χ2n) is 9.20. The summed E-state index contributed by atoms with van der Waals surface area (Å²) in [6, 6.07) is 0. The first-order chi connectivity index (χ1) is 16.3. The molecule has 0 atom stereocenters. The highest BCUT2D eigenvalue weighted by Gasteiger charge is 2.90. The third kappa shape index (κ3) is 8.84. The molecule has 36 heavy (non-hydrogen) atoms. The zero-order valence-electron chi connectivity index (χ0n) is 20.2. The van der Waals surface area contributed by atoms with Crippen molar-refractivity contribution >= 4 is 0 Å². The van der Waals surface area contributed by atoms with Crippen LogP contribution in [0.25, 0.3) is 0 Å². The number of rotatable bonds is 20. The van der Waals surface area contributed by atoms with Crippen molar-refractivity contribution in [2.24, 2.45) is 0 Å². The minimum Gasteiger partial charge on any atom is -0.200 e. The molecular weight excluding hydrogens is 523 g/mol. The van der Waals surface area contributed by atoms with Gasteiger partial charge in [0.25, 0.3) is 0 Å². The molecule has 0 N–H and O–H groups in total. The van der Waals surface area contributed by atoms with Crippen LogP contribution >= 0.6 is 0 Å². The zero-order chi connectivity index (χ0) is 28.3. The average Bonchev–Trinajstić information content (AvgIpc) is 2.75. The summed E-state index contributed by atoms with van der Waals surface area (Å²) in [5, 5.41) is 0. The number of alkyl halides is 13. The molecule has 0 aliphatic carbocycles. The highest BCUT2D eigenvalue weighted by molar-refractivity contribution is 5.10. The van der Waals surface area contributed by atoms with Gasteiger partial charge < -0.3 is 0 Å². The zero-order valence-corrected chi connectivity index (χ0v) is 20.2.